The lowest BCUT2D eigenvalue weighted by Crippen LogP contribution is -2.30. The van der Waals surface area contributed by atoms with Crippen molar-refractivity contribution in [2.24, 2.45) is 0 Å². The summed E-state index contributed by atoms with van der Waals surface area (Å²) in [6.07, 6.45) is 93.2. The van der Waals surface area contributed by atoms with Gasteiger partial charge >= 0.3 is 17.9 Å². The van der Waals surface area contributed by atoms with Crippen LogP contribution in [0.25, 0.3) is 0 Å². The molecule has 6 heteroatoms. The molecule has 0 N–H and O–H groups in total. The van der Waals surface area contributed by atoms with Crippen LogP contribution in [-0.4, -0.2) is 37.2 Å². The third-order valence-corrected chi connectivity index (χ3v) is 13.6. The van der Waals surface area contributed by atoms with Crippen molar-refractivity contribution in [2.75, 3.05) is 13.2 Å². The van der Waals surface area contributed by atoms with Crippen molar-refractivity contribution in [3.63, 3.8) is 0 Å². The highest BCUT2D eigenvalue weighted by Crippen LogP contribution is 2.15. The van der Waals surface area contributed by atoms with E-state index in [9.17, 15) is 14.4 Å². The van der Waals surface area contributed by atoms with Crippen LogP contribution < -0.4 is 0 Å². The molecule has 0 amide bonds. The standard InChI is InChI=1S/C73H120O6/c1-4-7-10-13-16-19-22-25-27-29-31-33-35-36-38-39-41-43-45-48-51-54-57-60-63-66-72(75)78-69-70(68-77-71(74)65-62-59-56-53-50-47-24-21-18-15-12-9-6-3)79-73(76)67-64-61-58-55-52-49-46-44-42-40-37-34-32-30-28-26-23-20-17-14-11-8-5-2/h7,9-10,12,16,18-19,21,25,27,30-33,36,38,41,43,47-48,50-51,70H,4-6,8,11,13-15,17,20,22-24,26,28-29,34-35,37,39-40,42,44-46,49,52-69H2,1-3H3/b10-7-,12-9-,19-16-,21-18-,27-25-,32-30-,33-31-,38-36-,43-41-,50-47-,51-48-. The fourth-order valence-corrected chi connectivity index (χ4v) is 8.79. The molecule has 0 aromatic heterocycles. The number of rotatable bonds is 58. The van der Waals surface area contributed by atoms with Crippen molar-refractivity contribution in [3.8, 4) is 0 Å². The predicted octanol–water partition coefficient (Wildman–Crippen LogP) is 22.5. The molecule has 0 aliphatic heterocycles. The second kappa shape index (κ2) is 66.1. The van der Waals surface area contributed by atoms with Crippen LogP contribution in [0.5, 0.6) is 0 Å². The summed E-state index contributed by atoms with van der Waals surface area (Å²) in [6, 6.07) is 0. The van der Waals surface area contributed by atoms with Crippen LogP contribution in [0.4, 0.5) is 0 Å². The van der Waals surface area contributed by atoms with Crippen LogP contribution in [0.3, 0.4) is 0 Å². The van der Waals surface area contributed by atoms with Gasteiger partial charge in [0.1, 0.15) is 13.2 Å². The van der Waals surface area contributed by atoms with E-state index in [4.69, 9.17) is 14.2 Å². The van der Waals surface area contributed by atoms with Crippen LogP contribution in [0.15, 0.2) is 134 Å². The maximum atomic E-state index is 12.9. The average molecular weight is 1090 g/mol. The highest BCUT2D eigenvalue weighted by atomic mass is 16.6. The van der Waals surface area contributed by atoms with E-state index in [2.05, 4.69) is 154 Å². The molecule has 0 spiro atoms. The summed E-state index contributed by atoms with van der Waals surface area (Å²) in [6.45, 7) is 6.37. The Balaban J connectivity index is 4.42. The number of carbonyl (C=O) groups is 3. The Kier molecular flexibility index (Phi) is 62.3. The summed E-state index contributed by atoms with van der Waals surface area (Å²) in [5.41, 5.74) is 0. The summed E-state index contributed by atoms with van der Waals surface area (Å²) in [5.74, 6) is -0.965. The van der Waals surface area contributed by atoms with Crippen molar-refractivity contribution < 1.29 is 28.6 Å². The van der Waals surface area contributed by atoms with Gasteiger partial charge in [0.25, 0.3) is 0 Å². The highest BCUT2D eigenvalue weighted by Gasteiger charge is 2.19. The van der Waals surface area contributed by atoms with Gasteiger partial charge in [-0.1, -0.05) is 270 Å². The lowest BCUT2D eigenvalue weighted by Gasteiger charge is -2.18. The molecule has 448 valence electrons. The van der Waals surface area contributed by atoms with Crippen molar-refractivity contribution in [2.45, 2.75) is 297 Å². The number of unbranched alkanes of at least 4 members (excludes halogenated alkanes) is 25. The minimum atomic E-state index is -0.811. The predicted molar refractivity (Wildman–Crippen MR) is 343 cm³/mol. The van der Waals surface area contributed by atoms with Crippen molar-refractivity contribution in [1.29, 1.82) is 0 Å². The molecule has 1 atom stereocenters. The quantitative estimate of drug-likeness (QED) is 0.0261. The molecular formula is C73H120O6. The summed E-state index contributed by atoms with van der Waals surface area (Å²) in [4.78, 5) is 38.3. The molecule has 0 bridgehead atoms. The Bertz CT molecular complexity index is 1680. The summed E-state index contributed by atoms with van der Waals surface area (Å²) < 4.78 is 16.9. The molecular weight excluding hydrogens is 973 g/mol. The Hall–Kier alpha value is -4.45. The monoisotopic (exact) mass is 1090 g/mol. The number of hydrogen-bond donors (Lipinski definition) is 0. The number of ether oxygens (including phenoxy) is 3. The van der Waals surface area contributed by atoms with Gasteiger partial charge in [-0.25, -0.2) is 0 Å². The van der Waals surface area contributed by atoms with E-state index in [1.165, 1.54) is 116 Å². The van der Waals surface area contributed by atoms with Crippen molar-refractivity contribution in [3.05, 3.63) is 134 Å². The average Bonchev–Trinajstić information content (AvgIpc) is 3.45. The summed E-state index contributed by atoms with van der Waals surface area (Å²) in [5, 5.41) is 0. The molecule has 0 aliphatic rings. The first-order valence-electron chi connectivity index (χ1n) is 32.7. The van der Waals surface area contributed by atoms with Crippen molar-refractivity contribution >= 4 is 17.9 Å². The molecule has 0 radical (unpaired) electrons. The van der Waals surface area contributed by atoms with Crippen LogP contribution in [0.2, 0.25) is 0 Å². The Morgan fingerprint density at radius 3 is 0.797 bits per heavy atom. The minimum Gasteiger partial charge on any atom is -0.462 e. The molecule has 79 heavy (non-hydrogen) atoms. The maximum Gasteiger partial charge on any atom is 0.306 e. The Morgan fingerprint density at radius 1 is 0.266 bits per heavy atom. The van der Waals surface area contributed by atoms with E-state index < -0.39 is 6.10 Å². The van der Waals surface area contributed by atoms with Gasteiger partial charge in [-0.05, 0) is 135 Å². The zero-order valence-electron chi connectivity index (χ0n) is 51.3. The fraction of sp³-hybridized carbons (Fsp3) is 0.658. The molecule has 6 nitrogen and oxygen atoms in total. The molecule has 0 saturated carbocycles. The smallest absolute Gasteiger partial charge is 0.306 e. The zero-order chi connectivity index (χ0) is 57.1. The fourth-order valence-electron chi connectivity index (χ4n) is 8.79. The normalized spacial score (nSPS) is 13.0. The molecule has 0 fully saturated rings. The van der Waals surface area contributed by atoms with E-state index in [1.54, 1.807) is 0 Å². The number of carbonyl (C=O) groups excluding carboxylic acids is 3. The van der Waals surface area contributed by atoms with Crippen LogP contribution >= 0.6 is 0 Å². The van der Waals surface area contributed by atoms with Gasteiger partial charge in [-0.2, -0.15) is 0 Å². The molecule has 0 aromatic rings. The van der Waals surface area contributed by atoms with Crippen LogP contribution in [0, 0.1) is 0 Å². The van der Waals surface area contributed by atoms with E-state index in [-0.39, 0.29) is 31.1 Å². The molecule has 0 saturated heterocycles. The van der Waals surface area contributed by atoms with Gasteiger partial charge in [-0.3, -0.25) is 14.4 Å². The van der Waals surface area contributed by atoms with E-state index in [0.29, 0.717) is 19.3 Å². The SMILES string of the molecule is CC/C=C\C/C=C\C/C=C\C/C=C\C/C=C\C/C=C\C/C=C\CCCCCC(=O)OCC(COC(=O)CCCCC/C=C\C/C=C\C/C=C\CC)OC(=O)CCCCCCCCCCCCC/C=C\CCCCCCCCCC. The van der Waals surface area contributed by atoms with E-state index in [1.807, 2.05) is 0 Å². The highest BCUT2D eigenvalue weighted by molar-refractivity contribution is 5.71. The topological polar surface area (TPSA) is 78.9 Å². The molecule has 0 aromatic carbocycles. The maximum absolute atomic E-state index is 12.9. The first-order valence-corrected chi connectivity index (χ1v) is 32.7. The number of hydrogen-bond acceptors (Lipinski definition) is 6. The first-order chi connectivity index (χ1) is 39.0. The lowest BCUT2D eigenvalue weighted by molar-refractivity contribution is -0.167. The number of allylic oxidation sites excluding steroid dienone is 22. The Labute approximate surface area is 487 Å². The third kappa shape index (κ3) is 64.3. The minimum absolute atomic E-state index is 0.107. The van der Waals surface area contributed by atoms with Gasteiger partial charge in [0.05, 0.1) is 0 Å². The molecule has 0 rings (SSSR count). The van der Waals surface area contributed by atoms with Gasteiger partial charge in [0.15, 0.2) is 6.10 Å². The second-order valence-electron chi connectivity index (χ2n) is 21.3. The molecule has 1 unspecified atom stereocenters. The van der Waals surface area contributed by atoms with Gasteiger partial charge < -0.3 is 14.2 Å². The third-order valence-electron chi connectivity index (χ3n) is 13.6. The van der Waals surface area contributed by atoms with Crippen LogP contribution in [0.1, 0.15) is 290 Å². The molecule has 0 heterocycles. The number of esters is 3. The summed E-state index contributed by atoms with van der Waals surface area (Å²) in [7, 11) is 0. The van der Waals surface area contributed by atoms with Gasteiger partial charge in [-0.15, -0.1) is 0 Å². The summed E-state index contributed by atoms with van der Waals surface area (Å²) >= 11 is 0. The largest absolute Gasteiger partial charge is 0.462 e. The lowest BCUT2D eigenvalue weighted by atomic mass is 10.0. The van der Waals surface area contributed by atoms with E-state index in [0.717, 1.165) is 135 Å². The zero-order valence-corrected chi connectivity index (χ0v) is 51.3. The van der Waals surface area contributed by atoms with Gasteiger partial charge in [0.2, 0.25) is 0 Å². The second-order valence-corrected chi connectivity index (χ2v) is 21.3. The Morgan fingerprint density at radius 2 is 0.494 bits per heavy atom. The van der Waals surface area contributed by atoms with Crippen LogP contribution in [-0.2, 0) is 28.6 Å². The van der Waals surface area contributed by atoms with Gasteiger partial charge in [0, 0.05) is 19.3 Å². The molecule has 0 aliphatic carbocycles. The first kappa shape index (κ1) is 74.5. The van der Waals surface area contributed by atoms with Crippen molar-refractivity contribution in [1.82, 2.24) is 0 Å². The van der Waals surface area contributed by atoms with E-state index >= 15 is 0 Å².